The predicted octanol–water partition coefficient (Wildman–Crippen LogP) is 1.42. The summed E-state index contributed by atoms with van der Waals surface area (Å²) in [6.07, 6.45) is 2.39. The normalized spacial score (nSPS) is 37.2. The van der Waals surface area contributed by atoms with Crippen LogP contribution in [0.5, 0.6) is 0 Å². The van der Waals surface area contributed by atoms with Crippen molar-refractivity contribution < 1.29 is 4.74 Å². The van der Waals surface area contributed by atoms with E-state index >= 15 is 0 Å². The van der Waals surface area contributed by atoms with Crippen LogP contribution in [0.1, 0.15) is 33.6 Å². The average Bonchev–Trinajstić information content (AvgIpc) is 2.44. The van der Waals surface area contributed by atoms with E-state index in [0.29, 0.717) is 24.0 Å². The van der Waals surface area contributed by atoms with Crippen molar-refractivity contribution in [2.24, 2.45) is 5.92 Å². The molecule has 2 aliphatic heterocycles. The van der Waals surface area contributed by atoms with Crippen LogP contribution in [-0.2, 0) is 4.74 Å². The van der Waals surface area contributed by atoms with Crippen LogP contribution in [0.4, 0.5) is 0 Å². The zero-order valence-electron chi connectivity index (χ0n) is 13.8. The first-order valence-electron chi connectivity index (χ1n) is 8.37. The highest BCUT2D eigenvalue weighted by atomic mass is 16.5. The van der Waals surface area contributed by atoms with Gasteiger partial charge >= 0.3 is 0 Å². The van der Waals surface area contributed by atoms with Crippen molar-refractivity contribution in [1.82, 2.24) is 15.1 Å². The van der Waals surface area contributed by atoms with Crippen LogP contribution in [0.25, 0.3) is 0 Å². The van der Waals surface area contributed by atoms with Gasteiger partial charge in [-0.25, -0.2) is 0 Å². The van der Waals surface area contributed by atoms with Gasteiger partial charge < -0.3 is 10.1 Å². The molecule has 0 aromatic carbocycles. The Balaban J connectivity index is 1.86. The second-order valence-electron chi connectivity index (χ2n) is 6.77. The fourth-order valence-corrected chi connectivity index (χ4v) is 3.57. The van der Waals surface area contributed by atoms with Crippen LogP contribution >= 0.6 is 0 Å². The van der Waals surface area contributed by atoms with Crippen LogP contribution in [0.2, 0.25) is 0 Å². The van der Waals surface area contributed by atoms with Crippen molar-refractivity contribution in [3.63, 3.8) is 0 Å². The molecule has 0 radical (unpaired) electrons. The summed E-state index contributed by atoms with van der Waals surface area (Å²) >= 11 is 0. The van der Waals surface area contributed by atoms with Gasteiger partial charge in [-0.2, -0.15) is 0 Å². The molecule has 0 bridgehead atoms. The molecule has 4 unspecified atom stereocenters. The Morgan fingerprint density at radius 2 is 1.90 bits per heavy atom. The molecule has 2 saturated heterocycles. The molecule has 4 nitrogen and oxygen atoms in total. The van der Waals surface area contributed by atoms with Gasteiger partial charge in [0, 0.05) is 50.3 Å². The van der Waals surface area contributed by atoms with Gasteiger partial charge in [-0.05, 0) is 40.3 Å². The van der Waals surface area contributed by atoms with E-state index in [1.54, 1.807) is 0 Å². The van der Waals surface area contributed by atoms with Crippen LogP contribution < -0.4 is 5.32 Å². The molecule has 2 rings (SSSR count). The highest BCUT2D eigenvalue weighted by Crippen LogP contribution is 2.20. The second kappa shape index (κ2) is 7.74. The third-order valence-corrected chi connectivity index (χ3v) is 5.06. The molecule has 20 heavy (non-hydrogen) atoms. The maximum atomic E-state index is 5.73. The van der Waals surface area contributed by atoms with Crippen LogP contribution in [0.15, 0.2) is 0 Å². The van der Waals surface area contributed by atoms with E-state index in [4.69, 9.17) is 4.74 Å². The molecule has 2 heterocycles. The molecule has 0 amide bonds. The third-order valence-electron chi connectivity index (χ3n) is 5.06. The Morgan fingerprint density at radius 3 is 2.55 bits per heavy atom. The molecule has 2 fully saturated rings. The minimum Gasteiger partial charge on any atom is -0.381 e. The molecule has 2 aliphatic rings. The van der Waals surface area contributed by atoms with Gasteiger partial charge in [0.25, 0.3) is 0 Å². The van der Waals surface area contributed by atoms with Gasteiger partial charge in [0.2, 0.25) is 0 Å². The molecule has 0 aliphatic carbocycles. The maximum absolute atomic E-state index is 5.73. The fraction of sp³-hybridized carbons (Fsp3) is 1.00. The van der Waals surface area contributed by atoms with Gasteiger partial charge in [-0.3, -0.25) is 9.80 Å². The van der Waals surface area contributed by atoms with Crippen molar-refractivity contribution in [2.75, 3.05) is 46.4 Å². The van der Waals surface area contributed by atoms with Crippen LogP contribution in [-0.4, -0.2) is 74.4 Å². The van der Waals surface area contributed by atoms with Crippen LogP contribution in [0.3, 0.4) is 0 Å². The lowest BCUT2D eigenvalue weighted by Gasteiger charge is -2.45. The summed E-state index contributed by atoms with van der Waals surface area (Å²) in [7, 11) is 2.25. The van der Waals surface area contributed by atoms with Crippen molar-refractivity contribution in [2.45, 2.75) is 51.7 Å². The average molecular weight is 283 g/mol. The van der Waals surface area contributed by atoms with Gasteiger partial charge in [-0.15, -0.1) is 0 Å². The Labute approximate surface area is 124 Å². The Bertz CT molecular complexity index is 275. The first kappa shape index (κ1) is 16.2. The summed E-state index contributed by atoms with van der Waals surface area (Å²) in [4.78, 5) is 5.15. The molecule has 0 saturated carbocycles. The molecular weight excluding hydrogens is 250 g/mol. The number of nitrogens with one attached hydrogen (secondary N) is 1. The van der Waals surface area contributed by atoms with Gasteiger partial charge in [0.15, 0.2) is 0 Å². The fourth-order valence-electron chi connectivity index (χ4n) is 3.57. The standard InChI is InChI=1S/C16H33N3O/c1-5-7-17-16-6-8-20-12-15(16)11-19-9-13(2)18(4)14(3)10-19/h13-17H,5-12H2,1-4H3. The van der Waals surface area contributed by atoms with Crippen molar-refractivity contribution in [3.8, 4) is 0 Å². The van der Waals surface area contributed by atoms with Crippen molar-refractivity contribution >= 4 is 0 Å². The minimum absolute atomic E-state index is 0.647. The summed E-state index contributed by atoms with van der Waals surface area (Å²) in [5, 5.41) is 3.73. The van der Waals surface area contributed by atoms with E-state index in [1.807, 2.05) is 0 Å². The first-order chi connectivity index (χ1) is 9.61. The SMILES string of the molecule is CCCNC1CCOCC1CN1CC(C)N(C)C(C)C1. The van der Waals surface area contributed by atoms with E-state index in [-0.39, 0.29) is 0 Å². The van der Waals surface area contributed by atoms with Gasteiger partial charge in [0.1, 0.15) is 0 Å². The van der Waals surface area contributed by atoms with Crippen molar-refractivity contribution in [1.29, 1.82) is 0 Å². The number of hydrogen-bond acceptors (Lipinski definition) is 4. The monoisotopic (exact) mass is 283 g/mol. The van der Waals surface area contributed by atoms with Gasteiger partial charge in [0.05, 0.1) is 6.61 Å². The van der Waals surface area contributed by atoms with E-state index in [1.165, 1.54) is 32.5 Å². The molecule has 118 valence electrons. The molecule has 0 spiro atoms. The zero-order valence-corrected chi connectivity index (χ0v) is 13.8. The zero-order chi connectivity index (χ0) is 14.5. The lowest BCUT2D eigenvalue weighted by atomic mass is 9.94. The molecule has 1 N–H and O–H groups in total. The van der Waals surface area contributed by atoms with Gasteiger partial charge in [-0.1, -0.05) is 6.92 Å². The number of likely N-dealkylation sites (N-methyl/N-ethyl adjacent to an activating group) is 1. The van der Waals surface area contributed by atoms with E-state index in [0.717, 1.165) is 19.8 Å². The van der Waals surface area contributed by atoms with E-state index in [2.05, 4.69) is 42.9 Å². The lowest BCUT2D eigenvalue weighted by Crippen LogP contribution is -2.57. The summed E-state index contributed by atoms with van der Waals surface area (Å²) in [6.45, 7) is 13.5. The number of piperazine rings is 1. The number of ether oxygens (including phenoxy) is 1. The summed E-state index contributed by atoms with van der Waals surface area (Å²) in [6, 6.07) is 1.96. The quantitative estimate of drug-likeness (QED) is 0.826. The first-order valence-corrected chi connectivity index (χ1v) is 8.37. The largest absolute Gasteiger partial charge is 0.381 e. The van der Waals surface area contributed by atoms with Crippen molar-refractivity contribution in [3.05, 3.63) is 0 Å². The van der Waals surface area contributed by atoms with E-state index < -0.39 is 0 Å². The summed E-state index contributed by atoms with van der Waals surface area (Å²) in [5.74, 6) is 0.651. The molecule has 4 heteroatoms. The second-order valence-corrected chi connectivity index (χ2v) is 6.77. The maximum Gasteiger partial charge on any atom is 0.0521 e. The van der Waals surface area contributed by atoms with Crippen LogP contribution in [0, 0.1) is 5.92 Å². The Morgan fingerprint density at radius 1 is 1.20 bits per heavy atom. The third kappa shape index (κ3) is 4.17. The summed E-state index contributed by atoms with van der Waals surface area (Å²) in [5.41, 5.74) is 0. The summed E-state index contributed by atoms with van der Waals surface area (Å²) < 4.78 is 5.73. The Hall–Kier alpha value is -0.160. The lowest BCUT2D eigenvalue weighted by molar-refractivity contribution is -0.00524. The highest BCUT2D eigenvalue weighted by molar-refractivity contribution is 4.87. The van der Waals surface area contributed by atoms with E-state index in [9.17, 15) is 0 Å². The minimum atomic E-state index is 0.647. The number of hydrogen-bond donors (Lipinski definition) is 1. The molecular formula is C16H33N3O. The number of rotatable bonds is 5. The number of nitrogens with zero attached hydrogens (tertiary/aromatic N) is 2. The topological polar surface area (TPSA) is 27.7 Å². The molecule has 0 aromatic heterocycles. The smallest absolute Gasteiger partial charge is 0.0521 e. The predicted molar refractivity (Wildman–Crippen MR) is 84.1 cm³/mol. The Kier molecular flexibility index (Phi) is 6.27. The molecule has 4 atom stereocenters. The molecule has 0 aromatic rings. The highest BCUT2D eigenvalue weighted by Gasteiger charge is 2.31.